The van der Waals surface area contributed by atoms with Crippen molar-refractivity contribution in [1.82, 2.24) is 14.6 Å². The van der Waals surface area contributed by atoms with Crippen molar-refractivity contribution in [2.75, 3.05) is 26.2 Å². The number of sulfonamides is 1. The number of nitrogens with one attached hydrogen (secondary N) is 1. The van der Waals surface area contributed by atoms with Crippen molar-refractivity contribution in [2.45, 2.75) is 38.2 Å². The molecule has 1 aromatic heterocycles. The van der Waals surface area contributed by atoms with E-state index in [2.05, 4.69) is 10.3 Å². The molecular formula is C18H25N3O3S. The number of nitrogens with zero attached hydrogens (tertiary/aromatic N) is 2. The van der Waals surface area contributed by atoms with E-state index in [1.165, 1.54) is 0 Å². The molecule has 2 heterocycles. The van der Waals surface area contributed by atoms with E-state index in [0.717, 1.165) is 23.9 Å². The lowest BCUT2D eigenvalue weighted by Gasteiger charge is -2.22. The van der Waals surface area contributed by atoms with Crippen LogP contribution in [0.1, 0.15) is 25.8 Å². The molecule has 136 valence electrons. The third-order valence-electron chi connectivity index (χ3n) is 4.29. The standard InChI is InChI=1S/C18H25N3O3S/c1-13(2)24-18-15-6-4-7-16(17(15)14(3)12-20-18)25(22,23)21-10-5-8-19-9-11-21/h4,6-7,12-13,19H,5,8-11H2,1-3H3. The summed E-state index contributed by atoms with van der Waals surface area (Å²) in [6, 6.07) is 5.32. The van der Waals surface area contributed by atoms with Gasteiger partial charge in [0.2, 0.25) is 15.9 Å². The summed E-state index contributed by atoms with van der Waals surface area (Å²) in [4.78, 5) is 4.69. The second-order valence-electron chi connectivity index (χ2n) is 6.60. The van der Waals surface area contributed by atoms with Crippen molar-refractivity contribution in [3.05, 3.63) is 30.0 Å². The zero-order chi connectivity index (χ0) is 18.0. The summed E-state index contributed by atoms with van der Waals surface area (Å²) in [5.74, 6) is 0.477. The summed E-state index contributed by atoms with van der Waals surface area (Å²) < 4.78 is 33.9. The Morgan fingerprint density at radius 2 is 2.04 bits per heavy atom. The summed E-state index contributed by atoms with van der Waals surface area (Å²) in [5, 5.41) is 4.68. The van der Waals surface area contributed by atoms with Gasteiger partial charge in [-0.1, -0.05) is 6.07 Å². The first-order chi connectivity index (χ1) is 11.9. The van der Waals surface area contributed by atoms with Crippen molar-refractivity contribution in [3.63, 3.8) is 0 Å². The van der Waals surface area contributed by atoms with Gasteiger partial charge >= 0.3 is 0 Å². The number of ether oxygens (including phenoxy) is 1. The Balaban J connectivity index is 2.16. The van der Waals surface area contributed by atoms with Crippen molar-refractivity contribution >= 4 is 20.8 Å². The van der Waals surface area contributed by atoms with Crippen LogP contribution in [-0.4, -0.2) is 50.0 Å². The van der Waals surface area contributed by atoms with Crippen molar-refractivity contribution in [2.24, 2.45) is 0 Å². The Bertz CT molecular complexity index is 857. The van der Waals surface area contributed by atoms with E-state index in [4.69, 9.17) is 4.74 Å². The monoisotopic (exact) mass is 363 g/mol. The number of fused-ring (bicyclic) bond motifs is 1. The van der Waals surface area contributed by atoms with Gasteiger partial charge in [-0.25, -0.2) is 13.4 Å². The number of hydrogen-bond acceptors (Lipinski definition) is 5. The minimum absolute atomic E-state index is 0.0321. The molecule has 1 aromatic carbocycles. The summed E-state index contributed by atoms with van der Waals surface area (Å²) in [6.07, 6.45) is 2.46. The molecule has 0 radical (unpaired) electrons. The average Bonchev–Trinajstić information content (AvgIpc) is 2.86. The van der Waals surface area contributed by atoms with E-state index in [1.54, 1.807) is 22.6 Å². The predicted octanol–water partition coefficient (Wildman–Crippen LogP) is 2.31. The molecule has 0 saturated carbocycles. The van der Waals surface area contributed by atoms with E-state index in [9.17, 15) is 8.42 Å². The third kappa shape index (κ3) is 3.63. The van der Waals surface area contributed by atoms with Crippen molar-refractivity contribution in [3.8, 4) is 5.88 Å². The molecule has 1 fully saturated rings. The van der Waals surface area contributed by atoms with Crippen molar-refractivity contribution < 1.29 is 13.2 Å². The Morgan fingerprint density at radius 3 is 2.80 bits per heavy atom. The van der Waals surface area contributed by atoms with E-state index in [0.29, 0.717) is 35.8 Å². The zero-order valence-electron chi connectivity index (χ0n) is 14.9. The fraction of sp³-hybridized carbons (Fsp3) is 0.500. The summed E-state index contributed by atoms with van der Waals surface area (Å²) in [5.41, 5.74) is 0.832. The van der Waals surface area contributed by atoms with Gasteiger partial charge in [0.1, 0.15) is 0 Å². The average molecular weight is 363 g/mol. The highest BCUT2D eigenvalue weighted by Gasteiger charge is 2.28. The molecule has 0 amide bonds. The van der Waals surface area contributed by atoms with Gasteiger partial charge in [-0.3, -0.25) is 0 Å². The Labute approximate surface area is 149 Å². The molecule has 0 unspecified atom stereocenters. The molecule has 6 nitrogen and oxygen atoms in total. The third-order valence-corrected chi connectivity index (χ3v) is 6.23. The number of aromatic nitrogens is 1. The molecule has 3 rings (SSSR count). The van der Waals surface area contributed by atoms with Crippen LogP contribution in [0.3, 0.4) is 0 Å². The number of aryl methyl sites for hydroxylation is 1. The highest BCUT2D eigenvalue weighted by Crippen LogP contribution is 2.33. The van der Waals surface area contributed by atoms with Gasteiger partial charge in [-0.05, 0) is 51.4 Å². The van der Waals surface area contributed by atoms with E-state index in [-0.39, 0.29) is 6.10 Å². The summed E-state index contributed by atoms with van der Waals surface area (Å²) >= 11 is 0. The van der Waals surface area contributed by atoms with Crippen molar-refractivity contribution in [1.29, 1.82) is 0 Å². The smallest absolute Gasteiger partial charge is 0.243 e. The first-order valence-corrected chi connectivity index (χ1v) is 10.1. The topological polar surface area (TPSA) is 71.5 Å². The quantitative estimate of drug-likeness (QED) is 0.903. The van der Waals surface area contributed by atoms with Crippen LogP contribution in [-0.2, 0) is 10.0 Å². The lowest BCUT2D eigenvalue weighted by Crippen LogP contribution is -2.34. The van der Waals surface area contributed by atoms with Crippen LogP contribution in [0.4, 0.5) is 0 Å². The Kier molecular flexibility index (Phi) is 5.27. The zero-order valence-corrected chi connectivity index (χ0v) is 15.8. The molecular weight excluding hydrogens is 338 g/mol. The SMILES string of the molecule is Cc1cnc(OC(C)C)c2cccc(S(=O)(=O)N3CCCNCC3)c12. The Morgan fingerprint density at radius 1 is 1.24 bits per heavy atom. The minimum Gasteiger partial charge on any atom is -0.475 e. The summed E-state index contributed by atoms with van der Waals surface area (Å²) in [7, 11) is -3.57. The van der Waals surface area contributed by atoms with E-state index >= 15 is 0 Å². The molecule has 1 saturated heterocycles. The molecule has 0 spiro atoms. The highest BCUT2D eigenvalue weighted by molar-refractivity contribution is 7.89. The molecule has 1 aliphatic heterocycles. The molecule has 1 aliphatic rings. The summed E-state index contributed by atoms with van der Waals surface area (Å²) in [6.45, 7) is 8.28. The maximum atomic E-state index is 13.3. The Hall–Kier alpha value is -1.70. The van der Waals surface area contributed by atoms with Crippen LogP contribution in [0.15, 0.2) is 29.3 Å². The van der Waals surface area contributed by atoms with Gasteiger partial charge < -0.3 is 10.1 Å². The maximum absolute atomic E-state index is 13.3. The van der Waals surface area contributed by atoms with Gasteiger partial charge in [-0.2, -0.15) is 4.31 Å². The normalized spacial score (nSPS) is 17.0. The lowest BCUT2D eigenvalue weighted by molar-refractivity contribution is 0.236. The fourth-order valence-corrected chi connectivity index (χ4v) is 4.90. The molecule has 2 aromatic rings. The second-order valence-corrected chi connectivity index (χ2v) is 8.51. The van der Waals surface area contributed by atoms with Gasteiger partial charge in [0.05, 0.1) is 11.0 Å². The van der Waals surface area contributed by atoms with E-state index < -0.39 is 10.0 Å². The lowest BCUT2D eigenvalue weighted by atomic mass is 10.1. The molecule has 25 heavy (non-hydrogen) atoms. The van der Waals surface area contributed by atoms with Gasteiger partial charge in [-0.15, -0.1) is 0 Å². The van der Waals surface area contributed by atoms with Gasteiger partial charge in [0.15, 0.2) is 0 Å². The first kappa shape index (κ1) is 18.1. The molecule has 7 heteroatoms. The number of hydrogen-bond donors (Lipinski definition) is 1. The molecule has 0 aliphatic carbocycles. The van der Waals surface area contributed by atoms with Crippen LogP contribution < -0.4 is 10.1 Å². The van der Waals surface area contributed by atoms with Crippen LogP contribution in [0.25, 0.3) is 10.8 Å². The fourth-order valence-electron chi connectivity index (χ4n) is 3.14. The molecule has 0 bridgehead atoms. The minimum atomic E-state index is -3.57. The molecule has 1 N–H and O–H groups in total. The van der Waals surface area contributed by atoms with E-state index in [1.807, 2.05) is 26.8 Å². The number of rotatable bonds is 4. The molecule has 0 atom stereocenters. The van der Waals surface area contributed by atoms with Crippen LogP contribution in [0.2, 0.25) is 0 Å². The van der Waals surface area contributed by atoms with Crippen LogP contribution in [0, 0.1) is 6.92 Å². The largest absolute Gasteiger partial charge is 0.475 e. The number of benzene rings is 1. The van der Waals surface area contributed by atoms with Gasteiger partial charge in [0.25, 0.3) is 0 Å². The van der Waals surface area contributed by atoms with Crippen LogP contribution in [0.5, 0.6) is 5.88 Å². The predicted molar refractivity (Wildman–Crippen MR) is 98.5 cm³/mol. The number of pyridine rings is 1. The second kappa shape index (κ2) is 7.27. The first-order valence-electron chi connectivity index (χ1n) is 8.67. The highest BCUT2D eigenvalue weighted by atomic mass is 32.2. The van der Waals surface area contributed by atoms with Gasteiger partial charge in [0, 0.05) is 36.6 Å². The maximum Gasteiger partial charge on any atom is 0.243 e. The van der Waals surface area contributed by atoms with Crippen LogP contribution >= 0.6 is 0 Å².